The standard InChI is InChI=1S/La.3Pd. The van der Waals surface area contributed by atoms with Crippen LogP contribution in [-0.4, -0.2) is 0 Å². The number of hydrogen-bond acceptors (Lipinski definition) is 0. The van der Waals surface area contributed by atoms with Crippen molar-refractivity contribution in [2.45, 2.75) is 0 Å². The summed E-state index contributed by atoms with van der Waals surface area (Å²) < 4.78 is 0. The van der Waals surface area contributed by atoms with E-state index in [2.05, 4.69) is 0 Å². The maximum atomic E-state index is 0. The van der Waals surface area contributed by atoms with E-state index in [9.17, 15) is 0 Å². The van der Waals surface area contributed by atoms with Crippen molar-refractivity contribution in [1.82, 2.24) is 0 Å². The summed E-state index contributed by atoms with van der Waals surface area (Å²) in [6.45, 7) is 0. The molecule has 0 N–H and O–H groups in total. The Morgan fingerprint density at radius 2 is 0.500 bits per heavy atom. The minimum atomic E-state index is 0. The third-order valence-corrected chi connectivity index (χ3v) is 0. The van der Waals surface area contributed by atoms with Gasteiger partial charge in [0, 0.05) is 96.9 Å². The second-order valence-corrected chi connectivity index (χ2v) is 0. The van der Waals surface area contributed by atoms with Gasteiger partial charge in [0.05, 0.1) is 0 Å². The quantitative estimate of drug-likeness (QED) is 0.449. The molecule has 0 bridgehead atoms. The fourth-order valence-electron chi connectivity index (χ4n) is 0. The first-order chi connectivity index (χ1) is 0. The van der Waals surface area contributed by atoms with Gasteiger partial charge in [0.1, 0.15) is 0 Å². The summed E-state index contributed by atoms with van der Waals surface area (Å²) in [6, 6.07) is 0. The maximum absolute atomic E-state index is 0. The molecule has 0 nitrogen and oxygen atoms in total. The molecule has 0 aromatic heterocycles. The van der Waals surface area contributed by atoms with Crippen molar-refractivity contribution in [1.29, 1.82) is 0 Å². The van der Waals surface area contributed by atoms with Gasteiger partial charge in [0.2, 0.25) is 0 Å². The monoisotopic (exact) mass is 457 g/mol. The van der Waals surface area contributed by atoms with Gasteiger partial charge in [-0.2, -0.15) is 0 Å². The molecule has 0 rings (SSSR count). The van der Waals surface area contributed by atoms with Crippen molar-refractivity contribution < 1.29 is 96.9 Å². The van der Waals surface area contributed by atoms with Crippen molar-refractivity contribution in [3.63, 3.8) is 0 Å². The third kappa shape index (κ3) is 8.95. The van der Waals surface area contributed by atoms with Crippen molar-refractivity contribution in [2.24, 2.45) is 0 Å². The van der Waals surface area contributed by atoms with Gasteiger partial charge >= 0.3 is 0 Å². The maximum Gasteiger partial charge on any atom is 0 e. The molecule has 0 heterocycles. The summed E-state index contributed by atoms with van der Waals surface area (Å²) in [6.07, 6.45) is 0. The Balaban J connectivity index is 0. The van der Waals surface area contributed by atoms with Gasteiger partial charge < -0.3 is 0 Å². The second-order valence-electron chi connectivity index (χ2n) is 0. The van der Waals surface area contributed by atoms with E-state index in [4.69, 9.17) is 0 Å². The van der Waals surface area contributed by atoms with E-state index in [-0.39, 0.29) is 96.9 Å². The molecule has 0 amide bonds. The van der Waals surface area contributed by atoms with E-state index in [1.165, 1.54) is 0 Å². The minimum absolute atomic E-state index is 0. The van der Waals surface area contributed by atoms with Gasteiger partial charge in [-0.1, -0.05) is 0 Å². The molecular weight excluding hydrogens is 458 g/mol. The fourth-order valence-corrected chi connectivity index (χ4v) is 0. The molecule has 1 radical (unpaired) electrons. The summed E-state index contributed by atoms with van der Waals surface area (Å²) >= 11 is 0. The van der Waals surface area contributed by atoms with E-state index in [0.29, 0.717) is 0 Å². The van der Waals surface area contributed by atoms with Crippen LogP contribution in [0.15, 0.2) is 0 Å². The average Bonchev–Trinajstić information content (AvgIpc) is 0. The van der Waals surface area contributed by atoms with Crippen LogP contribution in [-0.2, 0) is 61.3 Å². The molecule has 0 spiro atoms. The van der Waals surface area contributed by atoms with Crippen LogP contribution in [0.3, 0.4) is 0 Å². The van der Waals surface area contributed by atoms with Crippen LogP contribution < -0.4 is 0 Å². The molecular formula is LaPd3. The first kappa shape index (κ1) is 27.1. The molecule has 0 aliphatic rings. The summed E-state index contributed by atoms with van der Waals surface area (Å²) in [5.41, 5.74) is 0. The molecule has 0 saturated carbocycles. The van der Waals surface area contributed by atoms with Crippen molar-refractivity contribution in [3.8, 4) is 0 Å². The van der Waals surface area contributed by atoms with Gasteiger partial charge in [-0.15, -0.1) is 0 Å². The first-order valence-corrected chi connectivity index (χ1v) is 0. The summed E-state index contributed by atoms with van der Waals surface area (Å²) in [5.74, 6) is 0. The Bertz CT molecular complexity index is 3.25. The zero-order valence-electron chi connectivity index (χ0n) is 1.53. The molecule has 0 aliphatic carbocycles. The van der Waals surface area contributed by atoms with Gasteiger partial charge in [-0.05, 0) is 0 Å². The predicted molar refractivity (Wildman–Crippen MR) is 0 cm³/mol. The minimum Gasteiger partial charge on any atom is 0 e. The molecule has 0 aromatic carbocycles. The molecule has 33 valence electrons. The van der Waals surface area contributed by atoms with Crippen LogP contribution in [0.1, 0.15) is 0 Å². The molecule has 0 saturated heterocycles. The largest absolute Gasteiger partial charge is 0 e. The zero-order chi connectivity index (χ0) is 0. The first-order valence-electron chi connectivity index (χ1n) is 0. The normalized spacial score (nSPS) is 0. The van der Waals surface area contributed by atoms with Crippen LogP contribution >= 0.6 is 0 Å². The Hall–Kier alpha value is 3.18. The fraction of sp³-hybridized carbons (Fsp3) is 0. The van der Waals surface area contributed by atoms with E-state index in [1.807, 2.05) is 0 Å². The second kappa shape index (κ2) is 16.4. The Labute approximate surface area is 94.8 Å². The zero-order valence-corrected chi connectivity index (χ0v) is 9.82. The van der Waals surface area contributed by atoms with E-state index >= 15 is 0 Å². The van der Waals surface area contributed by atoms with Crippen LogP contribution in [0.5, 0.6) is 0 Å². The molecule has 0 unspecified atom stereocenters. The number of rotatable bonds is 0. The van der Waals surface area contributed by atoms with Gasteiger partial charge in [-0.3, -0.25) is 0 Å². The molecule has 0 fully saturated rings. The Morgan fingerprint density at radius 3 is 0.500 bits per heavy atom. The van der Waals surface area contributed by atoms with Crippen LogP contribution in [0, 0.1) is 35.6 Å². The smallest absolute Gasteiger partial charge is 0 e. The SMILES string of the molecule is [La].[Pd].[Pd].[Pd]. The third-order valence-electron chi connectivity index (χ3n) is 0. The molecule has 0 atom stereocenters. The molecule has 4 heteroatoms. The Kier molecular flexibility index (Phi) is 111. The topological polar surface area (TPSA) is 0 Å². The Morgan fingerprint density at radius 1 is 0.500 bits per heavy atom. The van der Waals surface area contributed by atoms with E-state index in [0.717, 1.165) is 0 Å². The number of hydrogen-bond donors (Lipinski definition) is 0. The van der Waals surface area contributed by atoms with E-state index < -0.39 is 0 Å². The summed E-state index contributed by atoms with van der Waals surface area (Å²) in [4.78, 5) is 0. The van der Waals surface area contributed by atoms with Crippen molar-refractivity contribution in [2.75, 3.05) is 0 Å². The predicted octanol–water partition coefficient (Wildman–Crippen LogP) is -0.00750. The van der Waals surface area contributed by atoms with Crippen molar-refractivity contribution in [3.05, 3.63) is 0 Å². The van der Waals surface area contributed by atoms with Gasteiger partial charge in [0.15, 0.2) is 0 Å². The van der Waals surface area contributed by atoms with Crippen LogP contribution in [0.4, 0.5) is 0 Å². The summed E-state index contributed by atoms with van der Waals surface area (Å²) in [5, 5.41) is 0. The van der Waals surface area contributed by atoms with Gasteiger partial charge in [0.25, 0.3) is 0 Å². The molecule has 4 heavy (non-hydrogen) atoms. The molecule has 0 aliphatic heterocycles. The summed E-state index contributed by atoms with van der Waals surface area (Å²) in [7, 11) is 0. The van der Waals surface area contributed by atoms with Gasteiger partial charge in [-0.25, -0.2) is 0 Å². The van der Waals surface area contributed by atoms with Crippen LogP contribution in [0.2, 0.25) is 0 Å². The molecule has 0 aromatic rings. The average molecular weight is 458 g/mol. The van der Waals surface area contributed by atoms with Crippen molar-refractivity contribution >= 4 is 0 Å². The van der Waals surface area contributed by atoms with Crippen LogP contribution in [0.25, 0.3) is 0 Å². The van der Waals surface area contributed by atoms with E-state index in [1.54, 1.807) is 0 Å².